The number of imidazole rings is 1. The van der Waals surface area contributed by atoms with Gasteiger partial charge in [0.2, 0.25) is 5.91 Å². The maximum absolute atomic E-state index is 14.1. The Balaban J connectivity index is 1.15. The molecule has 7 nitrogen and oxygen atoms in total. The Kier molecular flexibility index (Phi) is 6.17. The van der Waals surface area contributed by atoms with Gasteiger partial charge < -0.3 is 19.7 Å². The van der Waals surface area contributed by atoms with Crippen molar-refractivity contribution in [1.29, 1.82) is 0 Å². The topological polar surface area (TPSA) is 79.6 Å². The molecule has 1 aliphatic carbocycles. The number of aromatic nitrogens is 2. The molecular weight excluding hydrogens is 533 g/mol. The lowest BCUT2D eigenvalue weighted by Crippen LogP contribution is -2.50. The largest absolute Gasteiger partial charge is 0.492 e. The molecule has 0 bridgehead atoms. The van der Waals surface area contributed by atoms with Crippen molar-refractivity contribution in [2.24, 2.45) is 0 Å². The number of hydrogen-bond acceptors (Lipinski definition) is 5. The third-order valence-corrected chi connectivity index (χ3v) is 8.87. The fraction of sp³-hybridized carbons (Fsp3) is 0.500. The number of nitrogens with zero attached hydrogens (tertiary/aromatic N) is 3. The van der Waals surface area contributed by atoms with E-state index in [9.17, 15) is 23.1 Å². The first-order valence-electron chi connectivity index (χ1n) is 13.1. The number of hydrogen-bond donors (Lipinski definition) is 2. The van der Waals surface area contributed by atoms with Gasteiger partial charge in [-0.2, -0.15) is 13.2 Å². The summed E-state index contributed by atoms with van der Waals surface area (Å²) in [4.78, 5) is 19.3. The van der Waals surface area contributed by atoms with Crippen LogP contribution in [-0.4, -0.2) is 56.8 Å². The van der Waals surface area contributed by atoms with Crippen molar-refractivity contribution in [3.05, 3.63) is 52.8 Å². The van der Waals surface area contributed by atoms with Gasteiger partial charge in [-0.3, -0.25) is 9.69 Å². The van der Waals surface area contributed by atoms with Crippen molar-refractivity contribution in [2.75, 3.05) is 25.0 Å². The standard InChI is InChI=1S/C28H30ClF3N4O3/c1-16(35-7-5-27(6-8-35)20-9-17(29)3-4-22(20)34-25(27)37)14-39-19-10-21(28(30,31)32)24-23(11-19)33-15-36(24)18-12-26(2,38)13-18/h3-4,9-11,15-16,18,38H,5-8,12-14H2,1-2H3,(H,34,37). The van der Waals surface area contributed by atoms with Gasteiger partial charge in [0.25, 0.3) is 0 Å². The first-order valence-corrected chi connectivity index (χ1v) is 13.5. The number of aliphatic hydroxyl groups is 1. The first kappa shape index (κ1) is 26.4. The van der Waals surface area contributed by atoms with Crippen molar-refractivity contribution in [3.8, 4) is 5.75 Å². The molecule has 1 saturated carbocycles. The molecule has 2 aliphatic heterocycles. The monoisotopic (exact) mass is 562 g/mol. The fourth-order valence-electron chi connectivity index (χ4n) is 6.42. The van der Waals surface area contributed by atoms with Crippen LogP contribution in [0.5, 0.6) is 5.75 Å². The molecule has 1 aromatic heterocycles. The van der Waals surface area contributed by atoms with Gasteiger partial charge in [0.15, 0.2) is 0 Å². The quantitative estimate of drug-likeness (QED) is 0.426. The Bertz CT molecular complexity index is 1440. The van der Waals surface area contributed by atoms with E-state index in [4.69, 9.17) is 16.3 Å². The Hall–Kier alpha value is -2.82. The van der Waals surface area contributed by atoms with Gasteiger partial charge in [0.05, 0.1) is 33.9 Å². The zero-order chi connectivity index (χ0) is 27.7. The highest BCUT2D eigenvalue weighted by Crippen LogP contribution is 2.47. The van der Waals surface area contributed by atoms with Gasteiger partial charge >= 0.3 is 6.18 Å². The highest BCUT2D eigenvalue weighted by molar-refractivity contribution is 6.31. The second-order valence-electron chi connectivity index (χ2n) is 11.5. The molecule has 1 amide bonds. The maximum Gasteiger partial charge on any atom is 0.418 e. The number of fused-ring (bicyclic) bond motifs is 3. The number of halogens is 4. The summed E-state index contributed by atoms with van der Waals surface area (Å²) < 4.78 is 49.7. The number of piperidine rings is 1. The van der Waals surface area contributed by atoms with Crippen LogP contribution in [0.3, 0.4) is 0 Å². The third kappa shape index (κ3) is 4.56. The Labute approximate surface area is 228 Å². The lowest BCUT2D eigenvalue weighted by Gasteiger charge is -2.42. The van der Waals surface area contributed by atoms with Gasteiger partial charge in [-0.25, -0.2) is 4.98 Å². The van der Waals surface area contributed by atoms with E-state index in [0.29, 0.717) is 43.8 Å². The van der Waals surface area contributed by atoms with E-state index >= 15 is 0 Å². The van der Waals surface area contributed by atoms with Crippen LogP contribution < -0.4 is 10.1 Å². The lowest BCUT2D eigenvalue weighted by atomic mass is 9.73. The number of amides is 1. The predicted molar refractivity (Wildman–Crippen MR) is 141 cm³/mol. The van der Waals surface area contributed by atoms with Crippen LogP contribution in [0.2, 0.25) is 5.02 Å². The second kappa shape index (κ2) is 9.11. The van der Waals surface area contributed by atoms with Gasteiger partial charge in [-0.05, 0) is 82.4 Å². The van der Waals surface area contributed by atoms with E-state index in [1.54, 1.807) is 19.1 Å². The van der Waals surface area contributed by atoms with Crippen LogP contribution in [0.1, 0.15) is 56.7 Å². The molecule has 208 valence electrons. The molecule has 1 saturated heterocycles. The van der Waals surface area contributed by atoms with Crippen molar-refractivity contribution in [2.45, 2.75) is 68.8 Å². The fourth-order valence-corrected chi connectivity index (χ4v) is 6.60. The summed E-state index contributed by atoms with van der Waals surface area (Å²) in [5.74, 6) is 0.0982. The summed E-state index contributed by atoms with van der Waals surface area (Å²) in [7, 11) is 0. The highest BCUT2D eigenvalue weighted by atomic mass is 35.5. The molecule has 2 fully saturated rings. The summed E-state index contributed by atoms with van der Waals surface area (Å²) >= 11 is 6.21. The van der Waals surface area contributed by atoms with E-state index in [1.165, 1.54) is 10.9 Å². The summed E-state index contributed by atoms with van der Waals surface area (Å²) in [5.41, 5.74) is -0.321. The first-order chi connectivity index (χ1) is 18.4. The number of nitrogens with one attached hydrogen (secondary N) is 1. The smallest absolute Gasteiger partial charge is 0.418 e. The van der Waals surface area contributed by atoms with Crippen LogP contribution in [0.4, 0.5) is 18.9 Å². The third-order valence-electron chi connectivity index (χ3n) is 8.64. The van der Waals surface area contributed by atoms with Gasteiger partial charge in [-0.1, -0.05) is 11.6 Å². The van der Waals surface area contributed by atoms with Crippen LogP contribution in [0, 0.1) is 0 Å². The van der Waals surface area contributed by atoms with Crippen LogP contribution in [0.15, 0.2) is 36.7 Å². The normalized spacial score (nSPS) is 25.4. The van der Waals surface area contributed by atoms with Crippen molar-refractivity contribution < 1.29 is 27.8 Å². The van der Waals surface area contributed by atoms with E-state index in [1.807, 2.05) is 19.1 Å². The SMILES string of the molecule is CC(COc1cc(C(F)(F)F)c2c(c1)ncn2C1CC(C)(O)C1)N1CCC2(CC1)C(=O)Nc1ccc(Cl)cc12. The molecule has 1 spiro atoms. The zero-order valence-electron chi connectivity index (χ0n) is 21.7. The summed E-state index contributed by atoms with van der Waals surface area (Å²) in [6.45, 7) is 5.13. The zero-order valence-corrected chi connectivity index (χ0v) is 22.4. The van der Waals surface area contributed by atoms with E-state index in [-0.39, 0.29) is 41.4 Å². The summed E-state index contributed by atoms with van der Waals surface area (Å²) in [5, 5.41) is 13.6. The number of likely N-dealkylation sites (tertiary alicyclic amines) is 1. The number of carbonyl (C=O) groups excluding carboxylic acids is 1. The predicted octanol–water partition coefficient (Wildman–Crippen LogP) is 5.55. The van der Waals surface area contributed by atoms with Crippen LogP contribution in [-0.2, 0) is 16.4 Å². The average molecular weight is 563 g/mol. The molecule has 6 rings (SSSR count). The molecule has 1 atom stereocenters. The van der Waals surface area contributed by atoms with Gasteiger partial charge in [-0.15, -0.1) is 0 Å². The summed E-state index contributed by atoms with van der Waals surface area (Å²) in [6.07, 6.45) is -1.18. The molecular formula is C28H30ClF3N4O3. The van der Waals surface area contributed by atoms with Crippen LogP contribution >= 0.6 is 11.6 Å². The lowest BCUT2D eigenvalue weighted by molar-refractivity contribution is -0.136. The van der Waals surface area contributed by atoms with Crippen LogP contribution in [0.25, 0.3) is 11.0 Å². The molecule has 39 heavy (non-hydrogen) atoms. The van der Waals surface area contributed by atoms with E-state index < -0.39 is 22.8 Å². The molecule has 0 radical (unpaired) electrons. The van der Waals surface area contributed by atoms with Crippen molar-refractivity contribution in [3.63, 3.8) is 0 Å². The van der Waals surface area contributed by atoms with Gasteiger partial charge in [0.1, 0.15) is 12.4 Å². The van der Waals surface area contributed by atoms with Crippen molar-refractivity contribution >= 4 is 34.2 Å². The second-order valence-corrected chi connectivity index (χ2v) is 11.9. The van der Waals surface area contributed by atoms with E-state index in [0.717, 1.165) is 17.3 Å². The maximum atomic E-state index is 14.1. The number of alkyl halides is 3. The minimum absolute atomic E-state index is 0.0127. The number of anilines is 1. The minimum Gasteiger partial charge on any atom is -0.492 e. The molecule has 1 unspecified atom stereocenters. The van der Waals surface area contributed by atoms with E-state index in [2.05, 4.69) is 15.2 Å². The van der Waals surface area contributed by atoms with Crippen molar-refractivity contribution in [1.82, 2.24) is 14.5 Å². The Morgan fingerprint density at radius 1 is 1.23 bits per heavy atom. The molecule has 3 aliphatic rings. The highest BCUT2D eigenvalue weighted by Gasteiger charge is 2.49. The average Bonchev–Trinajstić information content (AvgIpc) is 3.39. The number of ether oxygens (including phenoxy) is 1. The molecule has 2 N–H and O–H groups in total. The Morgan fingerprint density at radius 2 is 1.95 bits per heavy atom. The molecule has 3 aromatic rings. The number of rotatable bonds is 5. The number of carbonyl (C=O) groups is 1. The molecule has 11 heteroatoms. The van der Waals surface area contributed by atoms with Gasteiger partial charge in [0, 0.05) is 28.9 Å². The summed E-state index contributed by atoms with van der Waals surface area (Å²) in [6, 6.07) is 7.73. The molecule has 2 aromatic carbocycles. The Morgan fingerprint density at radius 3 is 2.62 bits per heavy atom. The number of benzene rings is 2. The molecule has 3 heterocycles. The minimum atomic E-state index is -4.59.